The normalized spacial score (nSPS) is 10.5. The quantitative estimate of drug-likeness (QED) is 0.228. The molecule has 180 valence electrons. The Balaban J connectivity index is 1.56. The Hall–Kier alpha value is -4.18. The van der Waals surface area contributed by atoms with Gasteiger partial charge in [-0.1, -0.05) is 28.1 Å². The molecule has 3 N–H and O–H groups in total. The van der Waals surface area contributed by atoms with Gasteiger partial charge in [0.2, 0.25) is 0 Å². The molecule has 0 unspecified atom stereocenters. The van der Waals surface area contributed by atoms with Crippen molar-refractivity contribution in [1.82, 2.24) is 5.43 Å². The van der Waals surface area contributed by atoms with Crippen LogP contribution in [0.4, 0.5) is 11.4 Å². The lowest BCUT2D eigenvalue weighted by molar-refractivity contribution is -0.136. The van der Waals surface area contributed by atoms with Gasteiger partial charge in [0.15, 0.2) is 6.61 Å². The lowest BCUT2D eigenvalue weighted by atomic mass is 10.2. The number of hydrogen-bond donors (Lipinski definition) is 3. The van der Waals surface area contributed by atoms with Crippen molar-refractivity contribution in [1.29, 1.82) is 0 Å². The van der Waals surface area contributed by atoms with E-state index in [9.17, 15) is 14.4 Å². The van der Waals surface area contributed by atoms with E-state index in [0.717, 1.165) is 10.0 Å². The van der Waals surface area contributed by atoms with E-state index in [4.69, 9.17) is 9.47 Å². The van der Waals surface area contributed by atoms with Crippen molar-refractivity contribution in [3.05, 3.63) is 82.3 Å². The molecule has 3 aromatic rings. The molecule has 9 nitrogen and oxygen atoms in total. The molecule has 3 aromatic carbocycles. The minimum absolute atomic E-state index is 0.229. The second kappa shape index (κ2) is 12.3. The van der Waals surface area contributed by atoms with Crippen molar-refractivity contribution in [2.45, 2.75) is 6.92 Å². The van der Waals surface area contributed by atoms with Crippen LogP contribution in [-0.4, -0.2) is 37.7 Å². The zero-order chi connectivity index (χ0) is 25.2. The fraction of sp³-hybridized carbons (Fsp3) is 0.120. The maximum atomic E-state index is 12.3. The first-order valence-electron chi connectivity index (χ1n) is 10.4. The number of methoxy groups -OCH3 is 1. The summed E-state index contributed by atoms with van der Waals surface area (Å²) in [7, 11) is 1.53. The lowest BCUT2D eigenvalue weighted by Gasteiger charge is -2.10. The van der Waals surface area contributed by atoms with Crippen molar-refractivity contribution in [3.63, 3.8) is 0 Å². The minimum Gasteiger partial charge on any atom is -0.497 e. The summed E-state index contributed by atoms with van der Waals surface area (Å²) in [6.45, 7) is 1.70. The van der Waals surface area contributed by atoms with Crippen LogP contribution in [0.1, 0.15) is 11.1 Å². The topological polar surface area (TPSA) is 118 Å². The van der Waals surface area contributed by atoms with Crippen LogP contribution in [0.25, 0.3) is 0 Å². The second-order valence-corrected chi connectivity index (χ2v) is 8.19. The van der Waals surface area contributed by atoms with Crippen LogP contribution in [0.3, 0.4) is 0 Å². The zero-order valence-corrected chi connectivity index (χ0v) is 20.6. The first-order valence-corrected chi connectivity index (χ1v) is 11.2. The van der Waals surface area contributed by atoms with Crippen LogP contribution in [0, 0.1) is 6.92 Å². The van der Waals surface area contributed by atoms with Crippen molar-refractivity contribution in [2.24, 2.45) is 5.10 Å². The monoisotopic (exact) mass is 538 g/mol. The zero-order valence-electron chi connectivity index (χ0n) is 19.0. The maximum absolute atomic E-state index is 12.3. The molecule has 35 heavy (non-hydrogen) atoms. The number of nitrogens with zero attached hydrogens (tertiary/aromatic N) is 1. The molecule has 0 saturated heterocycles. The number of benzene rings is 3. The van der Waals surface area contributed by atoms with Crippen LogP contribution in [0.2, 0.25) is 0 Å². The molecule has 0 radical (unpaired) electrons. The second-order valence-electron chi connectivity index (χ2n) is 7.27. The highest BCUT2D eigenvalue weighted by Crippen LogP contribution is 2.22. The number of carbonyl (C=O) groups is 3. The lowest BCUT2D eigenvalue weighted by Crippen LogP contribution is -2.32. The number of halogens is 1. The summed E-state index contributed by atoms with van der Waals surface area (Å²) in [5, 5.41) is 9.06. The molecule has 3 amide bonds. The SMILES string of the molecule is COc1ccc(NC(=O)C(=O)N/N=C\c2cc(Br)ccc2OCC(=O)Nc2cccc(C)c2)cc1. The molecule has 10 heteroatoms. The number of nitrogens with one attached hydrogen (secondary N) is 3. The summed E-state index contributed by atoms with van der Waals surface area (Å²) in [6, 6.07) is 19.0. The molecule has 0 spiro atoms. The first kappa shape index (κ1) is 25.4. The Bertz CT molecular complexity index is 1240. The van der Waals surface area contributed by atoms with E-state index >= 15 is 0 Å². The van der Waals surface area contributed by atoms with Gasteiger partial charge in [0.25, 0.3) is 5.91 Å². The summed E-state index contributed by atoms with van der Waals surface area (Å²) >= 11 is 3.36. The third kappa shape index (κ3) is 7.97. The van der Waals surface area contributed by atoms with Crippen LogP contribution in [0.5, 0.6) is 11.5 Å². The van der Waals surface area contributed by atoms with Gasteiger partial charge >= 0.3 is 11.8 Å². The Kier molecular flexibility index (Phi) is 8.96. The molecule has 0 atom stereocenters. The highest BCUT2D eigenvalue weighted by Gasteiger charge is 2.13. The van der Waals surface area contributed by atoms with E-state index in [2.05, 4.69) is 37.1 Å². The van der Waals surface area contributed by atoms with E-state index in [1.165, 1.54) is 13.3 Å². The number of aryl methyl sites for hydroxylation is 1. The predicted octanol–water partition coefficient (Wildman–Crippen LogP) is 3.87. The summed E-state index contributed by atoms with van der Waals surface area (Å²) in [4.78, 5) is 36.4. The van der Waals surface area contributed by atoms with Gasteiger partial charge in [0.05, 0.1) is 13.3 Å². The standard InChI is InChI=1S/C25H23BrN4O5/c1-16-4-3-5-20(12-16)28-23(31)15-35-22-11-6-18(26)13-17(22)14-27-30-25(33)24(32)29-19-7-9-21(34-2)10-8-19/h3-14H,15H2,1-2H3,(H,28,31)(H,29,32)(H,30,33)/b27-14-. The van der Waals surface area contributed by atoms with E-state index in [1.54, 1.807) is 48.5 Å². The van der Waals surface area contributed by atoms with Gasteiger partial charge in [0.1, 0.15) is 11.5 Å². The summed E-state index contributed by atoms with van der Waals surface area (Å²) in [5.74, 6) is -1.17. The highest BCUT2D eigenvalue weighted by molar-refractivity contribution is 9.10. The number of amides is 3. The molecule has 0 aromatic heterocycles. The van der Waals surface area contributed by atoms with Crippen molar-refractivity contribution >= 4 is 51.2 Å². The molecule has 0 heterocycles. The third-order valence-corrected chi connectivity index (χ3v) is 5.05. The van der Waals surface area contributed by atoms with Crippen LogP contribution in [0.15, 0.2) is 76.3 Å². The van der Waals surface area contributed by atoms with Crippen molar-refractivity contribution in [2.75, 3.05) is 24.4 Å². The Morgan fingerprint density at radius 1 is 0.943 bits per heavy atom. The minimum atomic E-state index is -0.952. The average molecular weight is 539 g/mol. The van der Waals surface area contributed by atoms with Gasteiger partial charge < -0.3 is 20.1 Å². The molecular formula is C25H23BrN4O5. The fourth-order valence-electron chi connectivity index (χ4n) is 2.89. The van der Waals surface area contributed by atoms with Gasteiger partial charge in [-0.05, 0) is 67.1 Å². The van der Waals surface area contributed by atoms with Crippen LogP contribution < -0.4 is 25.5 Å². The molecule has 0 saturated carbocycles. The van der Waals surface area contributed by atoms with E-state index in [1.807, 2.05) is 25.1 Å². The molecule has 0 aliphatic heterocycles. The fourth-order valence-corrected chi connectivity index (χ4v) is 3.27. The third-order valence-electron chi connectivity index (χ3n) is 4.56. The van der Waals surface area contributed by atoms with Gasteiger partial charge in [-0.15, -0.1) is 0 Å². The number of ether oxygens (including phenoxy) is 2. The number of rotatable bonds is 8. The molecule has 0 fully saturated rings. The number of hydrogen-bond acceptors (Lipinski definition) is 6. The van der Waals surface area contributed by atoms with Crippen molar-refractivity contribution in [3.8, 4) is 11.5 Å². The Morgan fingerprint density at radius 3 is 2.43 bits per heavy atom. The highest BCUT2D eigenvalue weighted by atomic mass is 79.9. The number of carbonyl (C=O) groups excluding carboxylic acids is 3. The largest absolute Gasteiger partial charge is 0.497 e. The number of anilines is 2. The van der Waals surface area contributed by atoms with Gasteiger partial charge in [-0.2, -0.15) is 5.10 Å². The molecule has 0 bridgehead atoms. The van der Waals surface area contributed by atoms with Gasteiger partial charge in [-0.3, -0.25) is 14.4 Å². The average Bonchev–Trinajstić information content (AvgIpc) is 2.84. The summed E-state index contributed by atoms with van der Waals surface area (Å²) in [6.07, 6.45) is 1.32. The van der Waals surface area contributed by atoms with Crippen LogP contribution >= 0.6 is 15.9 Å². The van der Waals surface area contributed by atoms with E-state index in [0.29, 0.717) is 28.4 Å². The first-order chi connectivity index (χ1) is 16.8. The van der Waals surface area contributed by atoms with Gasteiger partial charge in [0, 0.05) is 21.4 Å². The van der Waals surface area contributed by atoms with E-state index < -0.39 is 11.8 Å². The summed E-state index contributed by atoms with van der Waals surface area (Å²) in [5.41, 5.74) is 4.78. The number of hydrazone groups is 1. The van der Waals surface area contributed by atoms with Crippen LogP contribution in [-0.2, 0) is 14.4 Å². The Morgan fingerprint density at radius 2 is 1.71 bits per heavy atom. The van der Waals surface area contributed by atoms with Crippen molar-refractivity contribution < 1.29 is 23.9 Å². The van der Waals surface area contributed by atoms with Gasteiger partial charge in [-0.25, -0.2) is 5.43 Å². The summed E-state index contributed by atoms with van der Waals surface area (Å²) < 4.78 is 11.4. The molecular weight excluding hydrogens is 516 g/mol. The Labute approximate surface area is 210 Å². The molecule has 0 aliphatic carbocycles. The molecule has 0 aliphatic rings. The predicted molar refractivity (Wildman–Crippen MR) is 137 cm³/mol. The molecule has 3 rings (SSSR count). The smallest absolute Gasteiger partial charge is 0.329 e. The van der Waals surface area contributed by atoms with E-state index in [-0.39, 0.29) is 12.5 Å². The maximum Gasteiger partial charge on any atom is 0.329 e.